The zero-order valence-corrected chi connectivity index (χ0v) is 15.8. The van der Waals surface area contributed by atoms with Crippen molar-refractivity contribution >= 4 is 0 Å². The first kappa shape index (κ1) is 21.8. The summed E-state index contributed by atoms with van der Waals surface area (Å²) in [5, 5.41) is 0. The first-order valence-electron chi connectivity index (χ1n) is 8.86. The third kappa shape index (κ3) is 8.47. The van der Waals surface area contributed by atoms with Crippen molar-refractivity contribution in [1.29, 1.82) is 0 Å². The van der Waals surface area contributed by atoms with Crippen LogP contribution in [-0.2, 0) is 14.2 Å². The Morgan fingerprint density at radius 2 is 1.27 bits per heavy atom. The van der Waals surface area contributed by atoms with Crippen LogP contribution in [0.2, 0.25) is 0 Å². The zero-order valence-electron chi connectivity index (χ0n) is 15.8. The van der Waals surface area contributed by atoms with E-state index in [1.807, 2.05) is 0 Å². The van der Waals surface area contributed by atoms with Crippen molar-refractivity contribution in [3.63, 3.8) is 0 Å². The van der Waals surface area contributed by atoms with Gasteiger partial charge in [-0.25, -0.2) is 0 Å². The van der Waals surface area contributed by atoms with Gasteiger partial charge in [0.05, 0.1) is 0 Å². The van der Waals surface area contributed by atoms with Gasteiger partial charge in [-0.2, -0.15) is 0 Å². The maximum atomic E-state index is 5.59. The topological polar surface area (TPSA) is 30.9 Å². The second-order valence-corrected chi connectivity index (χ2v) is 6.41. The maximum absolute atomic E-state index is 5.59. The monoisotopic (exact) mass is 317 g/mol. The largest absolute Gasteiger partial charge is 0.331 e. The quantitative estimate of drug-likeness (QED) is 0.333. The molecule has 0 rings (SSSR count). The van der Waals surface area contributed by atoms with Gasteiger partial charge in [0.25, 0.3) is 5.97 Å². The minimum atomic E-state index is -0.893. The lowest BCUT2D eigenvalue weighted by molar-refractivity contribution is -0.380. The minimum Gasteiger partial charge on any atom is -0.331 e. The molecule has 4 heteroatoms. The smallest absolute Gasteiger partial charge is 0.285 e. The van der Waals surface area contributed by atoms with Crippen molar-refractivity contribution in [2.24, 2.45) is 5.92 Å². The van der Waals surface area contributed by atoms with Crippen LogP contribution in [0.4, 0.5) is 0 Å². The SMILES string of the molecule is CCCCCCCCC(CCCN(C)C)C(OC)(OC)OC. The lowest BCUT2D eigenvalue weighted by atomic mass is 9.93. The minimum absolute atomic E-state index is 0.277. The van der Waals surface area contributed by atoms with Crippen molar-refractivity contribution in [2.75, 3.05) is 42.0 Å². The first-order chi connectivity index (χ1) is 10.6. The van der Waals surface area contributed by atoms with Crippen molar-refractivity contribution in [2.45, 2.75) is 70.7 Å². The highest BCUT2D eigenvalue weighted by Gasteiger charge is 2.39. The first-order valence-corrected chi connectivity index (χ1v) is 8.86. The van der Waals surface area contributed by atoms with Crippen LogP contribution in [0.25, 0.3) is 0 Å². The van der Waals surface area contributed by atoms with Crippen LogP contribution in [0.15, 0.2) is 0 Å². The standard InChI is InChI=1S/C18H39NO3/c1-7-8-9-10-11-12-14-17(15-13-16-19(2)3)18(20-4,21-5)22-6/h17H,7-16H2,1-6H3. The Labute approximate surface area is 138 Å². The van der Waals surface area contributed by atoms with Crippen LogP contribution in [0, 0.1) is 5.92 Å². The summed E-state index contributed by atoms with van der Waals surface area (Å²) in [5.74, 6) is -0.617. The summed E-state index contributed by atoms with van der Waals surface area (Å²) in [7, 11) is 9.24. The summed E-state index contributed by atoms with van der Waals surface area (Å²) >= 11 is 0. The second kappa shape index (κ2) is 13.3. The fraction of sp³-hybridized carbons (Fsp3) is 1.00. The van der Waals surface area contributed by atoms with E-state index in [1.165, 1.54) is 38.5 Å². The van der Waals surface area contributed by atoms with Crippen molar-refractivity contribution in [3.8, 4) is 0 Å². The van der Waals surface area contributed by atoms with Crippen LogP contribution in [0.5, 0.6) is 0 Å². The van der Waals surface area contributed by atoms with Gasteiger partial charge in [0.2, 0.25) is 0 Å². The van der Waals surface area contributed by atoms with Crippen molar-refractivity contribution in [1.82, 2.24) is 4.90 Å². The molecular formula is C18H39NO3. The van der Waals surface area contributed by atoms with Gasteiger partial charge >= 0.3 is 0 Å². The molecule has 22 heavy (non-hydrogen) atoms. The van der Waals surface area contributed by atoms with Gasteiger partial charge in [0.15, 0.2) is 0 Å². The molecule has 0 bridgehead atoms. The number of nitrogens with zero attached hydrogens (tertiary/aromatic N) is 1. The van der Waals surface area contributed by atoms with Gasteiger partial charge in [0.1, 0.15) is 0 Å². The number of unbranched alkanes of at least 4 members (excludes halogenated alkanes) is 5. The Morgan fingerprint density at radius 3 is 1.77 bits per heavy atom. The van der Waals surface area contributed by atoms with E-state index in [0.29, 0.717) is 0 Å². The average Bonchev–Trinajstić information content (AvgIpc) is 2.51. The van der Waals surface area contributed by atoms with Crippen LogP contribution >= 0.6 is 0 Å². The van der Waals surface area contributed by atoms with Gasteiger partial charge in [-0.3, -0.25) is 0 Å². The molecule has 0 aromatic carbocycles. The molecule has 0 aromatic rings. The molecule has 0 radical (unpaired) electrons. The molecule has 0 N–H and O–H groups in total. The van der Waals surface area contributed by atoms with E-state index in [9.17, 15) is 0 Å². The Kier molecular flexibility index (Phi) is 13.2. The molecular weight excluding hydrogens is 278 g/mol. The Morgan fingerprint density at radius 1 is 0.773 bits per heavy atom. The highest BCUT2D eigenvalue weighted by molar-refractivity contribution is 4.72. The highest BCUT2D eigenvalue weighted by atomic mass is 16.9. The molecule has 0 fully saturated rings. The van der Waals surface area contributed by atoms with E-state index in [1.54, 1.807) is 21.3 Å². The Balaban J connectivity index is 4.38. The summed E-state index contributed by atoms with van der Waals surface area (Å²) in [4.78, 5) is 2.22. The molecule has 1 unspecified atom stereocenters. The van der Waals surface area contributed by atoms with E-state index < -0.39 is 5.97 Å². The molecule has 0 aliphatic rings. The fourth-order valence-corrected chi connectivity index (χ4v) is 3.07. The van der Waals surface area contributed by atoms with Gasteiger partial charge in [0, 0.05) is 27.2 Å². The Bertz CT molecular complexity index is 234. The molecule has 0 spiro atoms. The van der Waals surface area contributed by atoms with E-state index in [-0.39, 0.29) is 5.92 Å². The number of rotatable bonds is 15. The van der Waals surface area contributed by atoms with Gasteiger partial charge in [-0.1, -0.05) is 45.4 Å². The molecule has 0 saturated heterocycles. The third-order valence-corrected chi connectivity index (χ3v) is 4.42. The van der Waals surface area contributed by atoms with Gasteiger partial charge in [-0.15, -0.1) is 0 Å². The van der Waals surface area contributed by atoms with E-state index in [4.69, 9.17) is 14.2 Å². The molecule has 0 aromatic heterocycles. The summed E-state index contributed by atoms with van der Waals surface area (Å²) in [5.41, 5.74) is 0. The zero-order chi connectivity index (χ0) is 16.8. The molecule has 0 heterocycles. The second-order valence-electron chi connectivity index (χ2n) is 6.41. The van der Waals surface area contributed by atoms with Crippen molar-refractivity contribution in [3.05, 3.63) is 0 Å². The number of hydrogen-bond acceptors (Lipinski definition) is 4. The van der Waals surface area contributed by atoms with E-state index in [2.05, 4.69) is 25.9 Å². The Hall–Kier alpha value is -0.160. The summed E-state index contributed by atoms with van der Waals surface area (Å²) < 4.78 is 16.8. The van der Waals surface area contributed by atoms with Gasteiger partial charge < -0.3 is 19.1 Å². The number of hydrogen-bond donors (Lipinski definition) is 0. The van der Waals surface area contributed by atoms with Crippen molar-refractivity contribution < 1.29 is 14.2 Å². The molecule has 134 valence electrons. The van der Waals surface area contributed by atoms with Crippen LogP contribution in [-0.4, -0.2) is 52.8 Å². The average molecular weight is 318 g/mol. The predicted octanol–water partition coefficient (Wildman–Crippen LogP) is 4.29. The third-order valence-electron chi connectivity index (χ3n) is 4.42. The van der Waals surface area contributed by atoms with E-state index >= 15 is 0 Å². The predicted molar refractivity (Wildman–Crippen MR) is 93.0 cm³/mol. The molecule has 4 nitrogen and oxygen atoms in total. The highest BCUT2D eigenvalue weighted by Crippen LogP contribution is 2.32. The summed E-state index contributed by atoms with van der Waals surface area (Å²) in [6.45, 7) is 3.34. The molecule has 1 atom stereocenters. The molecule has 0 aliphatic carbocycles. The molecule has 0 saturated carbocycles. The lowest BCUT2D eigenvalue weighted by Crippen LogP contribution is -2.44. The normalized spacial score (nSPS) is 13.8. The fourth-order valence-electron chi connectivity index (χ4n) is 3.07. The van der Waals surface area contributed by atoms with Crippen LogP contribution in [0.3, 0.4) is 0 Å². The maximum Gasteiger partial charge on any atom is 0.285 e. The summed E-state index contributed by atoms with van der Waals surface area (Å²) in [6.07, 6.45) is 11.1. The lowest BCUT2D eigenvalue weighted by Gasteiger charge is -2.36. The summed E-state index contributed by atoms with van der Waals surface area (Å²) in [6, 6.07) is 0. The van der Waals surface area contributed by atoms with Crippen LogP contribution in [0.1, 0.15) is 64.7 Å². The number of methoxy groups -OCH3 is 3. The number of ether oxygens (including phenoxy) is 3. The van der Waals surface area contributed by atoms with E-state index in [0.717, 1.165) is 25.8 Å². The molecule has 0 aliphatic heterocycles. The molecule has 0 amide bonds. The van der Waals surface area contributed by atoms with Gasteiger partial charge in [-0.05, 0) is 39.9 Å². The van der Waals surface area contributed by atoms with Crippen LogP contribution < -0.4 is 0 Å².